The Morgan fingerprint density at radius 3 is 2.39 bits per heavy atom. The van der Waals surface area contributed by atoms with Crippen LogP contribution in [0.5, 0.6) is 0 Å². The highest BCUT2D eigenvalue weighted by Gasteiger charge is 2.75. The molecule has 9 heteroatoms. The van der Waals surface area contributed by atoms with Gasteiger partial charge in [0.25, 0.3) is 0 Å². The van der Waals surface area contributed by atoms with Crippen LogP contribution >= 0.6 is 0 Å². The number of aliphatic hydroxyl groups excluding tert-OH is 2. The molecule has 8 nitrogen and oxygen atoms in total. The van der Waals surface area contributed by atoms with Gasteiger partial charge < -0.3 is 20.1 Å². The van der Waals surface area contributed by atoms with E-state index in [1.807, 2.05) is 0 Å². The number of fused-ring (bicyclic) bond motifs is 5. The monoisotopic (exact) mass is 570 g/mol. The van der Waals surface area contributed by atoms with E-state index in [2.05, 4.69) is 4.74 Å². The minimum absolute atomic E-state index is 0.0676. The van der Waals surface area contributed by atoms with E-state index in [0.29, 0.717) is 30.4 Å². The molecule has 0 aromatic heterocycles. The van der Waals surface area contributed by atoms with Crippen LogP contribution in [0.1, 0.15) is 70.2 Å². The topological polar surface area (TPSA) is 138 Å². The molecule has 0 spiro atoms. The van der Waals surface area contributed by atoms with E-state index >= 15 is 4.39 Å². The minimum Gasteiger partial charge on any atom is -0.390 e. The Kier molecular flexibility index (Phi) is 8.30. The largest absolute Gasteiger partial charge is 0.390 e. The molecule has 0 radical (unpaired) electrons. The number of halogens is 1. The third kappa shape index (κ3) is 4.62. The zero-order chi connectivity index (χ0) is 30.4. The van der Waals surface area contributed by atoms with Crippen molar-refractivity contribution in [3.05, 3.63) is 59.7 Å². The van der Waals surface area contributed by atoms with E-state index in [0.717, 1.165) is 0 Å². The predicted octanol–water partition coefficient (Wildman–Crippen LogP) is 3.68. The van der Waals surface area contributed by atoms with Crippen LogP contribution in [0.15, 0.2) is 54.1 Å². The molecule has 4 aliphatic carbocycles. The number of carbonyl (C=O) groups is 4. The number of hydrogen-bond donors (Lipinski definition) is 3. The Balaban J connectivity index is 0.000000251. The van der Waals surface area contributed by atoms with Gasteiger partial charge in [0, 0.05) is 23.2 Å². The summed E-state index contributed by atoms with van der Waals surface area (Å²) in [5, 5.41) is 32.0. The van der Waals surface area contributed by atoms with Gasteiger partial charge in [-0.2, -0.15) is 0 Å². The Morgan fingerprint density at radius 2 is 1.78 bits per heavy atom. The summed E-state index contributed by atoms with van der Waals surface area (Å²) in [6, 6.07) is 8.43. The summed E-state index contributed by atoms with van der Waals surface area (Å²) in [5.41, 5.74) is -4.78. The zero-order valence-electron chi connectivity index (χ0n) is 23.9. The van der Waals surface area contributed by atoms with Gasteiger partial charge >= 0.3 is 11.9 Å². The molecule has 3 saturated carbocycles. The molecular weight excluding hydrogens is 531 g/mol. The lowest BCUT2D eigenvalue weighted by atomic mass is 9.44. The van der Waals surface area contributed by atoms with Crippen molar-refractivity contribution in [3.63, 3.8) is 0 Å². The zero-order valence-corrected chi connectivity index (χ0v) is 23.9. The van der Waals surface area contributed by atoms with Crippen LogP contribution in [0.2, 0.25) is 0 Å². The highest BCUT2D eigenvalue weighted by molar-refractivity contribution is 6.01. The van der Waals surface area contributed by atoms with E-state index in [4.69, 9.17) is 0 Å². The second-order valence-electron chi connectivity index (χ2n) is 12.2. The number of allylic oxidation sites excluding steroid dienone is 4. The molecule has 0 heterocycles. The molecule has 0 unspecified atom stereocenters. The first-order valence-electron chi connectivity index (χ1n) is 14.2. The highest BCUT2D eigenvalue weighted by Crippen LogP contribution is 2.70. The average Bonchev–Trinajstić information content (AvgIpc) is 3.15. The number of carbonyl (C=O) groups excluding carboxylic acids is 4. The van der Waals surface area contributed by atoms with Crippen molar-refractivity contribution in [3.8, 4) is 0 Å². The van der Waals surface area contributed by atoms with Gasteiger partial charge in [0.15, 0.2) is 17.2 Å². The molecule has 1 aromatic carbocycles. The maximum Gasteiger partial charge on any atom is 0.345 e. The van der Waals surface area contributed by atoms with Crippen LogP contribution in [0.3, 0.4) is 0 Å². The van der Waals surface area contributed by atoms with Gasteiger partial charge in [-0.05, 0) is 68.7 Å². The lowest BCUT2D eigenvalue weighted by Crippen LogP contribution is -2.69. The van der Waals surface area contributed by atoms with Crippen LogP contribution in [-0.2, 0) is 19.1 Å². The smallest absolute Gasteiger partial charge is 0.345 e. The highest BCUT2D eigenvalue weighted by atomic mass is 19.1. The van der Waals surface area contributed by atoms with Crippen LogP contribution < -0.4 is 0 Å². The Hall–Kier alpha value is -3.01. The number of ketones is 2. The van der Waals surface area contributed by atoms with Crippen LogP contribution in [0.25, 0.3) is 0 Å². The van der Waals surface area contributed by atoms with E-state index in [1.54, 1.807) is 64.1 Å². The fourth-order valence-corrected chi connectivity index (χ4v) is 8.07. The molecule has 41 heavy (non-hydrogen) atoms. The lowest BCUT2D eigenvalue weighted by molar-refractivity contribution is -0.219. The SMILES string of the molecule is CCC(=O)OC(=O)c1ccccc1.C[C@@H]1C[C@H]2[C@@H]3CCC4=CC(=O)C=C[C@]4(C)[C@@]3(F)[C@@H](O)C[C@]2(C)[C@@]1(O)C(=O)CO. The number of Topliss-reactive ketones (excluding diaryl/α,β-unsaturated/α-hetero) is 1. The Labute approximate surface area is 239 Å². The van der Waals surface area contributed by atoms with Crippen molar-refractivity contribution < 1.29 is 43.6 Å². The Bertz CT molecular complexity index is 1290. The van der Waals surface area contributed by atoms with Crippen LogP contribution in [-0.4, -0.2) is 62.8 Å². The van der Waals surface area contributed by atoms with Gasteiger partial charge in [0.05, 0.1) is 11.7 Å². The van der Waals surface area contributed by atoms with Crippen molar-refractivity contribution in [2.45, 2.75) is 77.2 Å². The second-order valence-corrected chi connectivity index (χ2v) is 12.2. The maximum atomic E-state index is 16.9. The van der Waals surface area contributed by atoms with Gasteiger partial charge in [-0.25, -0.2) is 9.18 Å². The van der Waals surface area contributed by atoms with Crippen molar-refractivity contribution in [1.29, 1.82) is 0 Å². The number of rotatable bonds is 4. The molecule has 3 N–H and O–H groups in total. The lowest BCUT2D eigenvalue weighted by Gasteiger charge is -2.62. The molecule has 5 rings (SSSR count). The van der Waals surface area contributed by atoms with Gasteiger partial charge in [-0.3, -0.25) is 14.4 Å². The van der Waals surface area contributed by atoms with Gasteiger partial charge in [0.2, 0.25) is 0 Å². The van der Waals surface area contributed by atoms with Crippen LogP contribution in [0.4, 0.5) is 4.39 Å². The fourth-order valence-electron chi connectivity index (χ4n) is 8.07. The first-order valence-corrected chi connectivity index (χ1v) is 14.2. The van der Waals surface area contributed by atoms with Gasteiger partial charge in [-0.1, -0.05) is 50.6 Å². The molecule has 4 aliphatic rings. The summed E-state index contributed by atoms with van der Waals surface area (Å²) in [6.45, 7) is 6.12. The molecule has 0 amide bonds. The number of ether oxygens (including phenoxy) is 1. The van der Waals surface area contributed by atoms with Crippen molar-refractivity contribution in [1.82, 2.24) is 0 Å². The summed E-state index contributed by atoms with van der Waals surface area (Å²) < 4.78 is 21.4. The second kappa shape index (κ2) is 11.0. The number of hydrogen-bond acceptors (Lipinski definition) is 8. The van der Waals surface area contributed by atoms with Crippen molar-refractivity contribution in [2.24, 2.45) is 28.6 Å². The van der Waals surface area contributed by atoms with E-state index in [1.165, 1.54) is 12.2 Å². The molecule has 0 saturated heterocycles. The quantitative estimate of drug-likeness (QED) is 0.368. The number of aliphatic hydroxyl groups is 3. The minimum atomic E-state index is -1.98. The molecule has 222 valence electrons. The third-order valence-corrected chi connectivity index (χ3v) is 10.3. The predicted molar refractivity (Wildman–Crippen MR) is 147 cm³/mol. The number of benzene rings is 1. The van der Waals surface area contributed by atoms with E-state index in [9.17, 15) is 34.5 Å². The molecular formula is C32H39FO8. The van der Waals surface area contributed by atoms with Gasteiger partial charge in [-0.15, -0.1) is 0 Å². The van der Waals surface area contributed by atoms with E-state index in [-0.39, 0.29) is 24.5 Å². The average molecular weight is 571 g/mol. The Morgan fingerprint density at radius 1 is 1.12 bits per heavy atom. The maximum absolute atomic E-state index is 16.9. The molecule has 8 atom stereocenters. The van der Waals surface area contributed by atoms with Crippen molar-refractivity contribution >= 4 is 23.5 Å². The summed E-state index contributed by atoms with van der Waals surface area (Å²) in [7, 11) is 0. The summed E-state index contributed by atoms with van der Waals surface area (Å²) in [5.74, 6) is -3.22. The third-order valence-electron chi connectivity index (χ3n) is 10.3. The fraction of sp³-hybridized carbons (Fsp3) is 0.562. The normalized spacial score (nSPS) is 38.8. The standard InChI is InChI=1S/C22H29FO5.C10H10O3/c1-12-8-16-15-5-4-13-9-14(25)6-7-19(13,2)21(15,23)17(26)10-20(16,3)22(12,28)18(27)11-24;1-2-9(11)13-10(12)8-6-4-3-5-7-8/h6-7,9,12,15-17,24,26,28H,4-5,8,10-11H2,1-3H3;3-7H,2H2,1H3/t12-,15+,16+,17+,19+,20+,21+,22+;/m1./s1. The summed E-state index contributed by atoms with van der Waals surface area (Å²) in [4.78, 5) is 46.3. The summed E-state index contributed by atoms with van der Waals surface area (Å²) >= 11 is 0. The van der Waals surface area contributed by atoms with Gasteiger partial charge in [0.1, 0.15) is 12.2 Å². The number of esters is 2. The molecule has 0 aliphatic heterocycles. The summed E-state index contributed by atoms with van der Waals surface area (Å²) in [6.07, 6.45) is 4.65. The molecule has 1 aromatic rings. The van der Waals surface area contributed by atoms with E-state index < -0.39 is 64.4 Å². The molecule has 3 fully saturated rings. The van der Waals surface area contributed by atoms with Crippen LogP contribution in [0, 0.1) is 28.6 Å². The first-order chi connectivity index (χ1) is 19.2. The van der Waals surface area contributed by atoms with Crippen molar-refractivity contribution in [2.75, 3.05) is 6.61 Å². The number of alkyl halides is 1. The molecule has 0 bridgehead atoms. The first kappa shape index (κ1) is 30.9.